The van der Waals surface area contributed by atoms with Crippen LogP contribution in [-0.2, 0) is 4.79 Å². The lowest BCUT2D eigenvalue weighted by molar-refractivity contribution is -0.135. The summed E-state index contributed by atoms with van der Waals surface area (Å²) >= 11 is 0. The van der Waals surface area contributed by atoms with Crippen LogP contribution in [0.2, 0.25) is 0 Å². The summed E-state index contributed by atoms with van der Waals surface area (Å²) in [6, 6.07) is -0.774. The number of hydrogen-bond donors (Lipinski definition) is 1. The Bertz CT molecular complexity index is 489. The molecule has 19 heavy (non-hydrogen) atoms. The Labute approximate surface area is 105 Å². The maximum atomic E-state index is 13.5. The molecule has 0 aliphatic rings. The van der Waals surface area contributed by atoms with Gasteiger partial charge in [-0.2, -0.15) is 0 Å². The van der Waals surface area contributed by atoms with Crippen LogP contribution < -0.4 is 4.90 Å². The molecule has 0 unspecified atom stereocenters. The van der Waals surface area contributed by atoms with Gasteiger partial charge in [0, 0.05) is 6.04 Å². The van der Waals surface area contributed by atoms with Crippen LogP contribution in [0.3, 0.4) is 0 Å². The van der Waals surface area contributed by atoms with Crippen LogP contribution in [0.25, 0.3) is 0 Å². The number of benzene rings is 1. The second kappa shape index (κ2) is 5.41. The molecule has 0 bridgehead atoms. The second-order valence-electron chi connectivity index (χ2n) is 4.03. The fourth-order valence-corrected chi connectivity index (χ4v) is 1.51. The maximum Gasteiger partial charge on any atom is 0.323 e. The number of anilines is 1. The molecule has 0 saturated carbocycles. The lowest BCUT2D eigenvalue weighted by atomic mass is 10.2. The smallest absolute Gasteiger partial charge is 0.323 e. The minimum atomic E-state index is -2.28. The normalized spacial score (nSPS) is 10.9. The predicted molar refractivity (Wildman–Crippen MR) is 56.3 cm³/mol. The van der Waals surface area contributed by atoms with Crippen molar-refractivity contribution in [3.63, 3.8) is 0 Å². The topological polar surface area (TPSA) is 40.5 Å². The largest absolute Gasteiger partial charge is 0.480 e. The van der Waals surface area contributed by atoms with E-state index in [1.54, 1.807) is 0 Å². The summed E-state index contributed by atoms with van der Waals surface area (Å²) in [5.74, 6) is -12.1. The molecule has 0 atom stereocenters. The first-order valence-corrected chi connectivity index (χ1v) is 5.18. The highest BCUT2D eigenvalue weighted by molar-refractivity contribution is 5.74. The van der Waals surface area contributed by atoms with Gasteiger partial charge < -0.3 is 10.0 Å². The van der Waals surface area contributed by atoms with Crippen molar-refractivity contribution in [3.8, 4) is 0 Å². The highest BCUT2D eigenvalue weighted by Gasteiger charge is 2.30. The Kier molecular flexibility index (Phi) is 4.33. The van der Waals surface area contributed by atoms with E-state index in [0.29, 0.717) is 4.90 Å². The summed E-state index contributed by atoms with van der Waals surface area (Å²) in [4.78, 5) is 11.2. The van der Waals surface area contributed by atoms with Crippen LogP contribution in [0.15, 0.2) is 0 Å². The van der Waals surface area contributed by atoms with Crippen molar-refractivity contribution >= 4 is 11.7 Å². The summed E-state index contributed by atoms with van der Waals surface area (Å²) in [5, 5.41) is 8.62. The molecule has 1 rings (SSSR count). The summed E-state index contributed by atoms with van der Waals surface area (Å²) in [7, 11) is 0. The van der Waals surface area contributed by atoms with Crippen LogP contribution in [-0.4, -0.2) is 23.7 Å². The van der Waals surface area contributed by atoms with Gasteiger partial charge in [-0.1, -0.05) is 0 Å². The molecule has 1 aromatic carbocycles. The summed E-state index contributed by atoms with van der Waals surface area (Å²) in [6.07, 6.45) is 0. The van der Waals surface area contributed by atoms with Crippen molar-refractivity contribution in [2.45, 2.75) is 19.9 Å². The number of carboxylic acids is 1. The molecular weight excluding hydrogens is 273 g/mol. The monoisotopic (exact) mass is 283 g/mol. The maximum absolute atomic E-state index is 13.5. The molecule has 0 heterocycles. The van der Waals surface area contributed by atoms with Gasteiger partial charge in [0.15, 0.2) is 23.3 Å². The zero-order chi connectivity index (χ0) is 14.9. The van der Waals surface area contributed by atoms with Crippen molar-refractivity contribution in [1.82, 2.24) is 0 Å². The quantitative estimate of drug-likeness (QED) is 0.524. The zero-order valence-corrected chi connectivity index (χ0v) is 9.98. The van der Waals surface area contributed by atoms with Crippen molar-refractivity contribution < 1.29 is 31.9 Å². The fraction of sp³-hybridized carbons (Fsp3) is 0.364. The highest BCUT2D eigenvalue weighted by Crippen LogP contribution is 2.31. The van der Waals surface area contributed by atoms with Gasteiger partial charge in [0.25, 0.3) is 0 Å². The lowest BCUT2D eigenvalue weighted by Gasteiger charge is -2.28. The second-order valence-corrected chi connectivity index (χ2v) is 4.03. The SMILES string of the molecule is CC(C)N(CC(=O)O)c1c(F)c(F)c(F)c(F)c1F. The van der Waals surface area contributed by atoms with Gasteiger partial charge in [-0.3, -0.25) is 4.79 Å². The van der Waals surface area contributed by atoms with Crippen molar-refractivity contribution in [2.24, 2.45) is 0 Å². The first-order valence-electron chi connectivity index (χ1n) is 5.18. The summed E-state index contributed by atoms with van der Waals surface area (Å²) in [5.41, 5.74) is -1.24. The van der Waals surface area contributed by atoms with E-state index in [9.17, 15) is 26.7 Å². The summed E-state index contributed by atoms with van der Waals surface area (Å²) < 4.78 is 65.9. The number of carboxylic acid groups (broad SMARTS) is 1. The molecule has 0 fully saturated rings. The number of aliphatic carboxylic acids is 1. The highest BCUT2D eigenvalue weighted by atomic mass is 19.2. The first kappa shape index (κ1) is 15.2. The molecule has 3 nitrogen and oxygen atoms in total. The molecule has 0 aromatic heterocycles. The fourth-order valence-electron chi connectivity index (χ4n) is 1.51. The minimum Gasteiger partial charge on any atom is -0.480 e. The van der Waals surface area contributed by atoms with Crippen LogP contribution in [0.1, 0.15) is 13.8 Å². The van der Waals surface area contributed by atoms with E-state index in [1.165, 1.54) is 13.8 Å². The number of rotatable bonds is 4. The van der Waals surface area contributed by atoms with E-state index in [2.05, 4.69) is 0 Å². The van der Waals surface area contributed by atoms with Gasteiger partial charge in [-0.15, -0.1) is 0 Å². The van der Waals surface area contributed by atoms with Gasteiger partial charge >= 0.3 is 5.97 Å². The van der Waals surface area contributed by atoms with Crippen molar-refractivity contribution in [3.05, 3.63) is 29.1 Å². The molecule has 0 saturated heterocycles. The molecule has 0 amide bonds. The van der Waals surface area contributed by atoms with Gasteiger partial charge in [0.05, 0.1) is 0 Å². The third-order valence-corrected chi connectivity index (χ3v) is 2.40. The van der Waals surface area contributed by atoms with E-state index in [1.807, 2.05) is 0 Å². The van der Waals surface area contributed by atoms with E-state index in [0.717, 1.165) is 0 Å². The van der Waals surface area contributed by atoms with Crippen LogP contribution in [0.5, 0.6) is 0 Å². The molecule has 0 radical (unpaired) electrons. The Morgan fingerprint density at radius 2 is 1.37 bits per heavy atom. The molecule has 0 spiro atoms. The molecule has 8 heteroatoms. The molecule has 0 aliphatic heterocycles. The third-order valence-electron chi connectivity index (χ3n) is 2.40. The minimum absolute atomic E-state index is 0.582. The number of halogens is 5. The average Bonchev–Trinajstić information content (AvgIpc) is 2.32. The predicted octanol–water partition coefficient (Wildman–Crippen LogP) is 2.68. The molecule has 106 valence electrons. The zero-order valence-electron chi connectivity index (χ0n) is 9.98. The lowest BCUT2D eigenvalue weighted by Crippen LogP contribution is -2.37. The van der Waals surface area contributed by atoms with E-state index < -0.39 is 53.3 Å². The molecular formula is C11H10F5NO2. The Morgan fingerprint density at radius 1 is 1.00 bits per heavy atom. The van der Waals surface area contributed by atoms with Gasteiger partial charge in [-0.25, -0.2) is 22.0 Å². The van der Waals surface area contributed by atoms with Crippen LogP contribution in [0, 0.1) is 29.1 Å². The Hall–Kier alpha value is -1.86. The first-order chi connectivity index (χ1) is 8.68. The standard InChI is InChI=1S/C11H10F5NO2/c1-4(2)17(3-5(18)19)11-9(15)7(13)6(12)8(14)10(11)16/h4H,3H2,1-2H3,(H,18,19). The van der Waals surface area contributed by atoms with Crippen molar-refractivity contribution in [2.75, 3.05) is 11.4 Å². The van der Waals surface area contributed by atoms with Gasteiger partial charge in [0.1, 0.15) is 12.2 Å². The Balaban J connectivity index is 3.51. The van der Waals surface area contributed by atoms with Crippen molar-refractivity contribution in [1.29, 1.82) is 0 Å². The summed E-state index contributed by atoms with van der Waals surface area (Å²) in [6.45, 7) is 1.83. The van der Waals surface area contributed by atoms with E-state index >= 15 is 0 Å². The average molecular weight is 283 g/mol. The third kappa shape index (κ3) is 2.77. The van der Waals surface area contributed by atoms with E-state index in [4.69, 9.17) is 5.11 Å². The van der Waals surface area contributed by atoms with Gasteiger partial charge in [0.2, 0.25) is 5.82 Å². The van der Waals surface area contributed by atoms with Crippen LogP contribution >= 0.6 is 0 Å². The molecule has 1 aromatic rings. The Morgan fingerprint density at radius 3 is 1.68 bits per heavy atom. The van der Waals surface area contributed by atoms with Crippen LogP contribution in [0.4, 0.5) is 27.6 Å². The number of nitrogens with zero attached hydrogens (tertiary/aromatic N) is 1. The van der Waals surface area contributed by atoms with E-state index in [-0.39, 0.29) is 0 Å². The number of carbonyl (C=O) groups is 1. The molecule has 0 aliphatic carbocycles. The van der Waals surface area contributed by atoms with Gasteiger partial charge in [-0.05, 0) is 13.8 Å². The molecule has 1 N–H and O–H groups in total. The number of hydrogen-bond acceptors (Lipinski definition) is 2.